The zero-order valence-corrected chi connectivity index (χ0v) is 35.0. The monoisotopic (exact) mass is 846 g/mol. The molecule has 0 atom stereocenters. The quantitative estimate of drug-likeness (QED) is 0.0313. The maximum absolute atomic E-state index is 13.9. The molecule has 0 bridgehead atoms. The van der Waals surface area contributed by atoms with Gasteiger partial charge in [0.2, 0.25) is 5.78 Å². The third kappa shape index (κ3) is 9.84. The Kier molecular flexibility index (Phi) is 12.8. The van der Waals surface area contributed by atoms with Crippen molar-refractivity contribution in [1.29, 1.82) is 0 Å². The van der Waals surface area contributed by atoms with Crippen molar-refractivity contribution in [3.8, 4) is 0 Å². The Morgan fingerprint density at radius 3 is 1.51 bits per heavy atom. The van der Waals surface area contributed by atoms with E-state index in [4.69, 9.17) is 28.7 Å². The van der Waals surface area contributed by atoms with Crippen LogP contribution in [0.3, 0.4) is 0 Å². The van der Waals surface area contributed by atoms with Gasteiger partial charge in [-0.25, -0.2) is 0 Å². The molecule has 23 heteroatoms. The molecule has 296 valence electrons. The minimum Gasteiger partial charge on any atom is -0.398 e. The van der Waals surface area contributed by atoms with Gasteiger partial charge in [-0.3, -0.25) is 19.3 Å². The van der Waals surface area contributed by atoms with Crippen LogP contribution in [0, 0.1) is 13.8 Å². The number of azo groups is 3. The summed E-state index contributed by atoms with van der Waals surface area (Å²) >= 11 is 0. The SMILES string of the molecule is Cc1cc(N=Nc2ccc(N=Nc3c(S(=O)(=O)O)cc4c(c3N)C(=O)/C(=N/Nc3ccc(N=Nc5cc(C)c(N)cc5N)cc3)C(S(=O)(=O)O)=C4)cc2)c(N)cc1N.[Na+]. The molecule has 20 nitrogen and oxygen atoms in total. The largest absolute Gasteiger partial charge is 1.00 e. The van der Waals surface area contributed by atoms with Gasteiger partial charge in [0.05, 0.1) is 45.4 Å². The standard InChI is InChI=1S/C36H33N13O7S2.Na/c1-17-11-28(26(39)15-24(17)37)46-42-20-3-7-22(8-4-20)44-48-34-30(57(51,52)53)13-19-14-31(58(54,55)56)35(36(50)32(19)33(34)41)49-45-23-9-5-21(6-10-23)43-47-29-12-18(2)25(38)16-27(29)40;/h3-16,45H,37-41H2,1-2H3,(H,51,52,53)(H,54,55,56);/q;+1/b46-42?,47-43?,48-44?,49-35+;. The zero-order valence-electron chi connectivity index (χ0n) is 31.4. The maximum atomic E-state index is 13.9. The van der Waals surface area contributed by atoms with Crippen LogP contribution in [0.5, 0.6) is 0 Å². The van der Waals surface area contributed by atoms with Crippen molar-refractivity contribution in [2.75, 3.05) is 34.1 Å². The first-order valence-corrected chi connectivity index (χ1v) is 19.5. The summed E-state index contributed by atoms with van der Waals surface area (Å²) in [7, 11) is -10.3. The fourth-order valence-corrected chi connectivity index (χ4v) is 6.69. The molecule has 0 saturated carbocycles. The van der Waals surface area contributed by atoms with Gasteiger partial charge >= 0.3 is 29.6 Å². The number of anilines is 6. The number of carbonyl (C=O) groups excluding carboxylic acids is 1. The molecule has 0 heterocycles. The van der Waals surface area contributed by atoms with Crippen LogP contribution in [0.1, 0.15) is 27.0 Å². The van der Waals surface area contributed by atoms with E-state index in [0.717, 1.165) is 23.3 Å². The number of Topliss-reactive ketones (excluding diaryl/α,β-unsaturated/α-hetero) is 1. The molecule has 59 heavy (non-hydrogen) atoms. The van der Waals surface area contributed by atoms with Crippen molar-refractivity contribution >= 4 is 106 Å². The van der Waals surface area contributed by atoms with Gasteiger partial charge in [0, 0.05) is 11.4 Å². The van der Waals surface area contributed by atoms with E-state index in [1.54, 1.807) is 38.1 Å². The predicted molar refractivity (Wildman–Crippen MR) is 221 cm³/mol. The molecule has 0 spiro atoms. The van der Waals surface area contributed by atoms with Crippen LogP contribution >= 0.6 is 0 Å². The number of hydrogen-bond acceptors (Lipinski definition) is 18. The Labute approximate surface area is 358 Å². The van der Waals surface area contributed by atoms with Crippen LogP contribution in [0.4, 0.5) is 68.2 Å². The number of nitrogen functional groups attached to an aromatic ring is 5. The van der Waals surface area contributed by atoms with E-state index < -0.39 is 58.5 Å². The Morgan fingerprint density at radius 2 is 1.05 bits per heavy atom. The van der Waals surface area contributed by atoms with E-state index in [9.17, 15) is 30.7 Å². The topological polar surface area (TPSA) is 354 Å². The Balaban J connectivity index is 0.00000661. The second-order valence-corrected chi connectivity index (χ2v) is 15.4. The summed E-state index contributed by atoms with van der Waals surface area (Å²) in [6.45, 7) is 3.59. The molecule has 1 aliphatic carbocycles. The van der Waals surface area contributed by atoms with Gasteiger partial charge in [-0.2, -0.15) is 37.3 Å². The zero-order chi connectivity index (χ0) is 42.1. The van der Waals surface area contributed by atoms with E-state index in [-0.39, 0.29) is 46.5 Å². The second kappa shape index (κ2) is 17.2. The first-order valence-electron chi connectivity index (χ1n) is 16.6. The van der Waals surface area contributed by atoms with Gasteiger partial charge in [0.1, 0.15) is 26.9 Å². The van der Waals surface area contributed by atoms with Gasteiger partial charge in [-0.15, -0.1) is 15.3 Å². The number of ketones is 1. The van der Waals surface area contributed by atoms with Crippen LogP contribution in [0.25, 0.3) is 6.08 Å². The third-order valence-electron chi connectivity index (χ3n) is 8.51. The summed E-state index contributed by atoms with van der Waals surface area (Å²) in [5.41, 5.74) is 34.9. The van der Waals surface area contributed by atoms with Crippen LogP contribution in [0.15, 0.2) is 124 Å². The number of hydrazone groups is 1. The summed E-state index contributed by atoms with van der Waals surface area (Å²) in [6, 6.07) is 19.3. The number of allylic oxidation sites excluding steroid dienone is 1. The average molecular weight is 847 g/mol. The molecular weight excluding hydrogens is 814 g/mol. The number of nitrogens with zero attached hydrogens (tertiary/aromatic N) is 7. The normalized spacial score (nSPS) is 13.9. The van der Waals surface area contributed by atoms with Gasteiger partial charge in [0.15, 0.2) is 5.71 Å². The number of nitrogens with one attached hydrogen (secondary N) is 1. The molecular formula is C36H33N13NaO7S2+. The van der Waals surface area contributed by atoms with Gasteiger partial charge in [0.25, 0.3) is 20.2 Å². The number of aryl methyl sites for hydroxylation is 2. The van der Waals surface area contributed by atoms with Gasteiger partial charge in [-0.05, 0) is 115 Å². The van der Waals surface area contributed by atoms with E-state index in [1.807, 2.05) is 0 Å². The number of fused-ring (bicyclic) bond motifs is 1. The predicted octanol–water partition coefficient (Wildman–Crippen LogP) is 4.60. The van der Waals surface area contributed by atoms with Crippen molar-refractivity contribution in [2.45, 2.75) is 18.7 Å². The molecule has 5 aromatic rings. The smallest absolute Gasteiger partial charge is 0.398 e. The van der Waals surface area contributed by atoms with Gasteiger partial charge in [-0.1, -0.05) is 0 Å². The van der Waals surface area contributed by atoms with Crippen molar-refractivity contribution in [3.63, 3.8) is 0 Å². The van der Waals surface area contributed by atoms with Crippen LogP contribution in [-0.4, -0.2) is 37.4 Å². The minimum absolute atomic E-state index is 0. The average Bonchev–Trinajstić information content (AvgIpc) is 3.15. The summed E-state index contributed by atoms with van der Waals surface area (Å²) in [6.07, 6.45) is 0.777. The summed E-state index contributed by atoms with van der Waals surface area (Å²) in [5, 5.41) is 28.5. The Hall–Kier alpha value is -6.40. The van der Waals surface area contributed by atoms with Gasteiger partial charge < -0.3 is 28.7 Å². The number of benzene rings is 5. The molecule has 13 N–H and O–H groups in total. The molecule has 0 aromatic heterocycles. The number of rotatable bonds is 10. The summed E-state index contributed by atoms with van der Waals surface area (Å²) in [5.74, 6) is -1.14. The van der Waals surface area contributed by atoms with Crippen molar-refractivity contribution < 1.29 is 60.3 Å². The summed E-state index contributed by atoms with van der Waals surface area (Å²) in [4.78, 5) is 12.0. The molecule has 0 amide bonds. The second-order valence-electron chi connectivity index (χ2n) is 12.7. The number of hydrogen-bond donors (Lipinski definition) is 8. The maximum Gasteiger partial charge on any atom is 1.00 e. The summed E-state index contributed by atoms with van der Waals surface area (Å²) < 4.78 is 70.0. The van der Waals surface area contributed by atoms with Crippen molar-refractivity contribution in [2.24, 2.45) is 35.8 Å². The molecule has 5 aromatic carbocycles. The van der Waals surface area contributed by atoms with Crippen LogP contribution in [-0.2, 0) is 20.2 Å². The first kappa shape index (κ1) is 43.7. The molecule has 0 saturated heterocycles. The molecule has 6 rings (SSSR count). The fourth-order valence-electron chi connectivity index (χ4n) is 5.37. The van der Waals surface area contributed by atoms with Crippen molar-refractivity contribution in [3.05, 3.63) is 106 Å². The van der Waals surface area contributed by atoms with Crippen LogP contribution in [0.2, 0.25) is 0 Å². The number of nitrogens with two attached hydrogens (primary N) is 5. The Bertz CT molecular complexity index is 2900. The molecule has 0 radical (unpaired) electrons. The minimum atomic E-state index is -5.15. The first-order chi connectivity index (χ1) is 27.3. The van der Waals surface area contributed by atoms with E-state index in [0.29, 0.717) is 45.5 Å². The molecule has 1 aliphatic rings. The fraction of sp³-hybridized carbons (Fsp3) is 0.0556. The van der Waals surface area contributed by atoms with E-state index in [2.05, 4.69) is 41.2 Å². The Morgan fingerprint density at radius 1 is 0.593 bits per heavy atom. The third-order valence-corrected chi connectivity index (χ3v) is 10.2. The van der Waals surface area contributed by atoms with Crippen molar-refractivity contribution in [1.82, 2.24) is 0 Å². The van der Waals surface area contributed by atoms with Crippen LogP contribution < -0.4 is 63.7 Å². The van der Waals surface area contributed by atoms with E-state index in [1.165, 1.54) is 48.5 Å². The number of carbonyl (C=O) groups is 1. The molecule has 0 aliphatic heterocycles. The van der Waals surface area contributed by atoms with E-state index >= 15 is 0 Å². The molecule has 0 unspecified atom stereocenters. The molecule has 0 fully saturated rings.